The lowest BCUT2D eigenvalue weighted by atomic mass is 10.0. The Hall–Kier alpha value is -0.610. The largest absolute Gasteiger partial charge is 0.350 e. The highest BCUT2D eigenvalue weighted by Gasteiger charge is 2.27. The number of amides is 1. The maximum atomic E-state index is 12.3. The molecule has 3 N–H and O–H groups in total. The van der Waals surface area contributed by atoms with E-state index in [1.54, 1.807) is 0 Å². The van der Waals surface area contributed by atoms with Crippen molar-refractivity contribution in [3.63, 3.8) is 0 Å². The van der Waals surface area contributed by atoms with Crippen molar-refractivity contribution in [2.45, 2.75) is 85.0 Å². The molecular weight excluding hydrogens is 238 g/mol. The average Bonchev–Trinajstić information content (AvgIpc) is 2.05. The average molecular weight is 271 g/mol. The van der Waals surface area contributed by atoms with Crippen LogP contribution in [-0.4, -0.2) is 35.1 Å². The fraction of sp³-hybridized carbons (Fsp3) is 0.933. The molecule has 0 saturated heterocycles. The Kier molecular flexibility index (Phi) is 6.03. The minimum Gasteiger partial charge on any atom is -0.350 e. The lowest BCUT2D eigenvalue weighted by Gasteiger charge is -2.33. The van der Waals surface area contributed by atoms with E-state index in [1.165, 1.54) is 0 Å². The van der Waals surface area contributed by atoms with Gasteiger partial charge in [0.2, 0.25) is 5.91 Å². The van der Waals surface area contributed by atoms with Crippen LogP contribution in [0.5, 0.6) is 0 Å². The number of rotatable bonds is 4. The SMILES string of the molecule is CC(C)(C)NC[C@H](NC(C)(C)C)C(=O)NC(C)(C)C. The van der Waals surface area contributed by atoms with Crippen molar-refractivity contribution in [2.75, 3.05) is 6.54 Å². The van der Waals surface area contributed by atoms with Gasteiger partial charge in [-0.3, -0.25) is 4.79 Å². The van der Waals surface area contributed by atoms with Crippen LogP contribution in [-0.2, 0) is 4.79 Å². The van der Waals surface area contributed by atoms with Gasteiger partial charge in [0.1, 0.15) is 0 Å². The van der Waals surface area contributed by atoms with E-state index in [4.69, 9.17) is 0 Å². The highest BCUT2D eigenvalue weighted by molar-refractivity contribution is 5.82. The third-order valence-corrected chi connectivity index (χ3v) is 2.26. The molecule has 0 bridgehead atoms. The number of hydrogen-bond acceptors (Lipinski definition) is 3. The van der Waals surface area contributed by atoms with Crippen LogP contribution >= 0.6 is 0 Å². The minimum atomic E-state index is -0.238. The van der Waals surface area contributed by atoms with Crippen LogP contribution in [0.4, 0.5) is 0 Å². The molecule has 0 aliphatic rings. The van der Waals surface area contributed by atoms with E-state index in [-0.39, 0.29) is 28.6 Å². The first-order valence-electron chi connectivity index (χ1n) is 7.04. The third kappa shape index (κ3) is 11.0. The molecule has 0 rings (SSSR count). The molecule has 0 radical (unpaired) electrons. The van der Waals surface area contributed by atoms with E-state index < -0.39 is 0 Å². The molecule has 0 aliphatic carbocycles. The summed E-state index contributed by atoms with van der Waals surface area (Å²) in [4.78, 5) is 12.3. The van der Waals surface area contributed by atoms with Crippen LogP contribution < -0.4 is 16.0 Å². The molecule has 0 aliphatic heterocycles. The van der Waals surface area contributed by atoms with Crippen LogP contribution in [0.1, 0.15) is 62.3 Å². The highest BCUT2D eigenvalue weighted by Crippen LogP contribution is 2.06. The van der Waals surface area contributed by atoms with Gasteiger partial charge in [0.05, 0.1) is 6.04 Å². The third-order valence-electron chi connectivity index (χ3n) is 2.26. The van der Waals surface area contributed by atoms with Crippen LogP contribution in [0.3, 0.4) is 0 Å². The van der Waals surface area contributed by atoms with Gasteiger partial charge in [-0.2, -0.15) is 0 Å². The fourth-order valence-corrected chi connectivity index (χ4v) is 1.60. The lowest BCUT2D eigenvalue weighted by molar-refractivity contribution is -0.125. The molecular formula is C15H33N3O. The first kappa shape index (κ1) is 18.4. The second-order valence-electron chi connectivity index (χ2n) is 8.32. The lowest BCUT2D eigenvalue weighted by Crippen LogP contribution is -2.59. The van der Waals surface area contributed by atoms with Crippen LogP contribution in [0.15, 0.2) is 0 Å². The van der Waals surface area contributed by atoms with E-state index in [2.05, 4.69) is 57.5 Å². The highest BCUT2D eigenvalue weighted by atomic mass is 16.2. The van der Waals surface area contributed by atoms with Crippen molar-refractivity contribution < 1.29 is 4.79 Å². The van der Waals surface area contributed by atoms with Gasteiger partial charge in [-0.1, -0.05) is 0 Å². The number of carbonyl (C=O) groups excluding carboxylic acids is 1. The summed E-state index contributed by atoms with van der Waals surface area (Å²) in [7, 11) is 0. The Morgan fingerprint density at radius 3 is 1.63 bits per heavy atom. The van der Waals surface area contributed by atoms with Gasteiger partial charge in [0.25, 0.3) is 0 Å². The van der Waals surface area contributed by atoms with Gasteiger partial charge in [-0.05, 0) is 62.3 Å². The van der Waals surface area contributed by atoms with Gasteiger partial charge in [0.15, 0.2) is 0 Å². The molecule has 0 aromatic heterocycles. The summed E-state index contributed by atoms with van der Waals surface area (Å²) in [5, 5.41) is 9.80. The first-order chi connectivity index (χ1) is 8.20. The van der Waals surface area contributed by atoms with Crippen molar-refractivity contribution in [3.05, 3.63) is 0 Å². The zero-order chi connectivity index (χ0) is 15.5. The van der Waals surface area contributed by atoms with Gasteiger partial charge >= 0.3 is 0 Å². The summed E-state index contributed by atoms with van der Waals surface area (Å²) in [5.74, 6) is 0.0409. The van der Waals surface area contributed by atoms with E-state index >= 15 is 0 Å². The fourth-order valence-electron chi connectivity index (χ4n) is 1.60. The normalized spacial score (nSPS) is 15.2. The first-order valence-corrected chi connectivity index (χ1v) is 7.04. The maximum Gasteiger partial charge on any atom is 0.238 e. The van der Waals surface area contributed by atoms with Gasteiger partial charge < -0.3 is 16.0 Å². The van der Waals surface area contributed by atoms with Crippen LogP contribution in [0.2, 0.25) is 0 Å². The molecule has 0 saturated carbocycles. The zero-order valence-corrected chi connectivity index (χ0v) is 14.2. The Morgan fingerprint density at radius 2 is 1.32 bits per heavy atom. The molecule has 114 valence electrons. The second-order valence-corrected chi connectivity index (χ2v) is 8.32. The van der Waals surface area contributed by atoms with E-state index in [9.17, 15) is 4.79 Å². The van der Waals surface area contributed by atoms with Crippen LogP contribution in [0, 0.1) is 0 Å². The van der Waals surface area contributed by atoms with Gasteiger partial charge in [-0.15, -0.1) is 0 Å². The Morgan fingerprint density at radius 1 is 0.842 bits per heavy atom. The molecule has 4 nitrogen and oxygen atoms in total. The summed E-state index contributed by atoms with van der Waals surface area (Å²) in [6.07, 6.45) is 0. The number of carbonyl (C=O) groups is 1. The van der Waals surface area contributed by atoms with E-state index in [0.29, 0.717) is 6.54 Å². The summed E-state index contributed by atoms with van der Waals surface area (Å²) < 4.78 is 0. The summed E-state index contributed by atoms with van der Waals surface area (Å²) in [6.45, 7) is 19.1. The Balaban J connectivity index is 4.72. The molecule has 0 heterocycles. The van der Waals surface area contributed by atoms with Gasteiger partial charge in [-0.25, -0.2) is 0 Å². The predicted octanol–water partition coefficient (Wildman–Crippen LogP) is 2.05. The van der Waals surface area contributed by atoms with Crippen molar-refractivity contribution in [2.24, 2.45) is 0 Å². The standard InChI is InChI=1S/C15H33N3O/c1-13(2,3)16-10-11(17-14(4,5)6)12(19)18-15(7,8)9/h11,16-17H,10H2,1-9H3,(H,18,19)/t11-/m0/s1. The molecule has 0 spiro atoms. The van der Waals surface area contributed by atoms with Crippen molar-refractivity contribution in [3.8, 4) is 0 Å². The molecule has 0 fully saturated rings. The van der Waals surface area contributed by atoms with E-state index in [0.717, 1.165) is 0 Å². The molecule has 0 aromatic carbocycles. The summed E-state index contributed by atoms with van der Waals surface area (Å²) in [5.41, 5.74) is -0.310. The molecule has 0 aromatic rings. The summed E-state index contributed by atoms with van der Waals surface area (Å²) in [6, 6.07) is -0.238. The molecule has 1 amide bonds. The quantitative estimate of drug-likeness (QED) is 0.733. The Bertz CT molecular complexity index is 292. The van der Waals surface area contributed by atoms with Crippen molar-refractivity contribution in [1.29, 1.82) is 0 Å². The summed E-state index contributed by atoms with van der Waals surface area (Å²) >= 11 is 0. The molecule has 1 atom stereocenters. The van der Waals surface area contributed by atoms with Crippen molar-refractivity contribution in [1.82, 2.24) is 16.0 Å². The zero-order valence-electron chi connectivity index (χ0n) is 14.2. The second kappa shape index (κ2) is 6.23. The monoisotopic (exact) mass is 271 g/mol. The predicted molar refractivity (Wildman–Crippen MR) is 82.3 cm³/mol. The van der Waals surface area contributed by atoms with E-state index in [1.807, 2.05) is 20.8 Å². The Labute approximate surface area is 119 Å². The smallest absolute Gasteiger partial charge is 0.238 e. The maximum absolute atomic E-state index is 12.3. The van der Waals surface area contributed by atoms with Gasteiger partial charge in [0, 0.05) is 23.2 Å². The number of hydrogen-bond donors (Lipinski definition) is 3. The number of nitrogens with one attached hydrogen (secondary N) is 3. The molecule has 0 unspecified atom stereocenters. The topological polar surface area (TPSA) is 53.2 Å². The molecule has 19 heavy (non-hydrogen) atoms. The minimum absolute atomic E-state index is 0.000172. The van der Waals surface area contributed by atoms with Crippen LogP contribution in [0.25, 0.3) is 0 Å². The van der Waals surface area contributed by atoms with Crippen molar-refractivity contribution >= 4 is 5.91 Å². The molecule has 4 heteroatoms.